The fraction of sp³-hybridized carbons (Fsp3) is 0.800. The zero-order chi connectivity index (χ0) is 13.3. The fourth-order valence-corrected chi connectivity index (χ4v) is 2.98. The molecule has 0 bridgehead atoms. The molecule has 0 unspecified atom stereocenters. The Bertz CT molecular complexity index is 398. The quantitative estimate of drug-likeness (QED) is 0.875. The third-order valence-electron chi connectivity index (χ3n) is 4.18. The number of hydrogen-bond donors (Lipinski definition) is 1. The Morgan fingerprint density at radius 1 is 1.17 bits per heavy atom. The predicted molar refractivity (Wildman–Crippen MR) is 77.1 cm³/mol. The van der Waals surface area contributed by atoms with Crippen LogP contribution in [0.1, 0.15) is 63.9 Å². The summed E-state index contributed by atoms with van der Waals surface area (Å²) in [6.45, 7) is 11.0. The van der Waals surface area contributed by atoms with Crippen molar-refractivity contribution in [2.75, 3.05) is 5.32 Å². The van der Waals surface area contributed by atoms with Gasteiger partial charge in [-0.1, -0.05) is 6.92 Å². The van der Waals surface area contributed by atoms with Gasteiger partial charge in [0.2, 0.25) is 0 Å². The lowest BCUT2D eigenvalue weighted by molar-refractivity contribution is 0.361. The van der Waals surface area contributed by atoms with E-state index in [9.17, 15) is 0 Å². The summed E-state index contributed by atoms with van der Waals surface area (Å²) in [6.07, 6.45) is 5.31. The molecule has 0 spiro atoms. The average molecular weight is 249 g/mol. The number of nitrogens with zero attached hydrogens (tertiary/aromatic N) is 2. The van der Waals surface area contributed by atoms with E-state index in [2.05, 4.69) is 49.7 Å². The van der Waals surface area contributed by atoms with Gasteiger partial charge >= 0.3 is 0 Å². The van der Waals surface area contributed by atoms with Gasteiger partial charge in [0.1, 0.15) is 0 Å². The first kappa shape index (κ1) is 13.4. The molecule has 0 atom stereocenters. The van der Waals surface area contributed by atoms with E-state index in [4.69, 9.17) is 0 Å². The molecule has 1 aromatic heterocycles. The zero-order valence-electron chi connectivity index (χ0n) is 12.5. The second kappa shape index (κ2) is 5.33. The van der Waals surface area contributed by atoms with Gasteiger partial charge in [0.05, 0.1) is 17.1 Å². The first-order valence-corrected chi connectivity index (χ1v) is 7.31. The summed E-state index contributed by atoms with van der Waals surface area (Å²) in [4.78, 5) is 0. The Morgan fingerprint density at radius 3 is 2.28 bits per heavy atom. The summed E-state index contributed by atoms with van der Waals surface area (Å²) in [5, 5.41) is 8.37. The van der Waals surface area contributed by atoms with Crippen LogP contribution in [-0.2, 0) is 0 Å². The second-order valence-corrected chi connectivity index (χ2v) is 6.19. The SMILES string of the molecule is Cc1nn(C(C)C)c(C)c1NC1CCC(C)CC1. The van der Waals surface area contributed by atoms with Crippen molar-refractivity contribution in [2.24, 2.45) is 5.92 Å². The molecule has 3 heteroatoms. The molecular weight excluding hydrogens is 222 g/mol. The Labute approximate surface area is 111 Å². The zero-order valence-corrected chi connectivity index (χ0v) is 12.5. The van der Waals surface area contributed by atoms with Crippen molar-refractivity contribution in [1.29, 1.82) is 0 Å². The van der Waals surface area contributed by atoms with Gasteiger partial charge < -0.3 is 5.32 Å². The van der Waals surface area contributed by atoms with Crippen LogP contribution in [0, 0.1) is 19.8 Å². The predicted octanol–water partition coefficient (Wildman–Crippen LogP) is 4.07. The first-order chi connectivity index (χ1) is 8.49. The largest absolute Gasteiger partial charge is 0.379 e. The summed E-state index contributed by atoms with van der Waals surface area (Å²) in [7, 11) is 0. The standard InChI is InChI=1S/C15H27N3/c1-10(2)18-13(5)15(12(4)17-18)16-14-8-6-11(3)7-9-14/h10-11,14,16H,6-9H2,1-5H3. The smallest absolute Gasteiger partial charge is 0.0828 e. The maximum absolute atomic E-state index is 4.64. The lowest BCUT2D eigenvalue weighted by Crippen LogP contribution is -2.25. The first-order valence-electron chi connectivity index (χ1n) is 7.31. The van der Waals surface area contributed by atoms with E-state index in [1.807, 2.05) is 0 Å². The molecule has 0 amide bonds. The monoisotopic (exact) mass is 249 g/mol. The number of rotatable bonds is 3. The molecular formula is C15H27N3. The highest BCUT2D eigenvalue weighted by Gasteiger charge is 2.21. The number of aromatic nitrogens is 2. The number of hydrogen-bond acceptors (Lipinski definition) is 2. The topological polar surface area (TPSA) is 29.9 Å². The Morgan fingerprint density at radius 2 is 1.78 bits per heavy atom. The normalized spacial score (nSPS) is 24.6. The molecule has 1 heterocycles. The van der Waals surface area contributed by atoms with Gasteiger partial charge in [-0.3, -0.25) is 4.68 Å². The molecule has 1 aliphatic rings. The van der Waals surface area contributed by atoms with Crippen molar-refractivity contribution < 1.29 is 0 Å². The summed E-state index contributed by atoms with van der Waals surface area (Å²) in [6, 6.07) is 1.08. The van der Waals surface area contributed by atoms with Gasteiger partial charge in [0, 0.05) is 12.1 Å². The minimum atomic E-state index is 0.436. The van der Waals surface area contributed by atoms with Gasteiger partial charge in [-0.2, -0.15) is 5.10 Å². The number of nitrogens with one attached hydrogen (secondary N) is 1. The molecule has 1 aromatic rings. The molecule has 0 radical (unpaired) electrons. The summed E-state index contributed by atoms with van der Waals surface area (Å²) in [5.41, 5.74) is 3.68. The van der Waals surface area contributed by atoms with E-state index in [0.717, 1.165) is 11.6 Å². The second-order valence-electron chi connectivity index (χ2n) is 6.19. The van der Waals surface area contributed by atoms with E-state index in [1.54, 1.807) is 0 Å². The fourth-order valence-electron chi connectivity index (χ4n) is 2.98. The molecule has 0 aromatic carbocycles. The molecule has 2 rings (SSSR count). The van der Waals surface area contributed by atoms with Crippen molar-refractivity contribution in [3.8, 4) is 0 Å². The highest BCUT2D eigenvalue weighted by molar-refractivity contribution is 5.53. The third-order valence-corrected chi connectivity index (χ3v) is 4.18. The summed E-state index contributed by atoms with van der Waals surface area (Å²) in [5.74, 6) is 0.906. The number of aryl methyl sites for hydroxylation is 1. The van der Waals surface area contributed by atoms with Crippen LogP contribution in [0.4, 0.5) is 5.69 Å². The van der Waals surface area contributed by atoms with Gasteiger partial charge in [-0.15, -0.1) is 0 Å². The van der Waals surface area contributed by atoms with Crippen LogP contribution < -0.4 is 5.32 Å². The molecule has 1 fully saturated rings. The van der Waals surface area contributed by atoms with Crippen LogP contribution >= 0.6 is 0 Å². The molecule has 3 nitrogen and oxygen atoms in total. The number of anilines is 1. The van der Waals surface area contributed by atoms with Gasteiger partial charge in [0.25, 0.3) is 0 Å². The van der Waals surface area contributed by atoms with Crippen molar-refractivity contribution in [3.05, 3.63) is 11.4 Å². The molecule has 0 saturated heterocycles. The van der Waals surface area contributed by atoms with E-state index in [0.29, 0.717) is 12.1 Å². The molecule has 18 heavy (non-hydrogen) atoms. The van der Waals surface area contributed by atoms with Crippen molar-refractivity contribution in [3.63, 3.8) is 0 Å². The average Bonchev–Trinajstić information content (AvgIpc) is 2.60. The highest BCUT2D eigenvalue weighted by Crippen LogP contribution is 2.29. The van der Waals surface area contributed by atoms with Gasteiger partial charge in [-0.25, -0.2) is 0 Å². The summed E-state index contributed by atoms with van der Waals surface area (Å²) < 4.78 is 2.13. The maximum atomic E-state index is 4.64. The molecule has 102 valence electrons. The van der Waals surface area contributed by atoms with Crippen LogP contribution in [0.25, 0.3) is 0 Å². The van der Waals surface area contributed by atoms with Crippen LogP contribution in [0.3, 0.4) is 0 Å². The van der Waals surface area contributed by atoms with E-state index < -0.39 is 0 Å². The van der Waals surface area contributed by atoms with Crippen LogP contribution in [0.5, 0.6) is 0 Å². The maximum Gasteiger partial charge on any atom is 0.0828 e. The molecule has 1 N–H and O–H groups in total. The van der Waals surface area contributed by atoms with Crippen molar-refractivity contribution in [2.45, 2.75) is 72.4 Å². The minimum absolute atomic E-state index is 0.436. The van der Waals surface area contributed by atoms with Gasteiger partial charge in [0.15, 0.2) is 0 Å². The third kappa shape index (κ3) is 2.70. The lowest BCUT2D eigenvalue weighted by atomic mass is 9.87. The molecule has 1 saturated carbocycles. The van der Waals surface area contributed by atoms with Crippen LogP contribution in [0.15, 0.2) is 0 Å². The van der Waals surface area contributed by atoms with Crippen LogP contribution in [-0.4, -0.2) is 15.8 Å². The van der Waals surface area contributed by atoms with Crippen molar-refractivity contribution in [1.82, 2.24) is 9.78 Å². The van der Waals surface area contributed by atoms with E-state index in [-0.39, 0.29) is 0 Å². The summed E-state index contributed by atoms with van der Waals surface area (Å²) >= 11 is 0. The molecule has 0 aliphatic heterocycles. The lowest BCUT2D eigenvalue weighted by Gasteiger charge is -2.27. The molecule has 1 aliphatic carbocycles. The van der Waals surface area contributed by atoms with E-state index in [1.165, 1.54) is 37.1 Å². The Balaban J connectivity index is 2.09. The highest BCUT2D eigenvalue weighted by atomic mass is 15.3. The van der Waals surface area contributed by atoms with Crippen LogP contribution in [0.2, 0.25) is 0 Å². The van der Waals surface area contributed by atoms with Crippen molar-refractivity contribution >= 4 is 5.69 Å². The Kier molecular flexibility index (Phi) is 3.98. The van der Waals surface area contributed by atoms with E-state index >= 15 is 0 Å². The Hall–Kier alpha value is -0.990. The van der Waals surface area contributed by atoms with Gasteiger partial charge in [-0.05, 0) is 59.3 Å². The minimum Gasteiger partial charge on any atom is -0.379 e.